The molecule has 1 N–H and O–H groups in total. The highest BCUT2D eigenvalue weighted by atomic mass is 16.5. The van der Waals surface area contributed by atoms with E-state index in [2.05, 4.69) is 42.2 Å². The molecule has 0 amide bonds. The van der Waals surface area contributed by atoms with Crippen LogP contribution in [0.1, 0.15) is 32.9 Å². The first-order valence-electron chi connectivity index (χ1n) is 6.60. The Morgan fingerprint density at radius 3 is 2.84 bits per heavy atom. The molecule has 0 saturated heterocycles. The van der Waals surface area contributed by atoms with Crippen molar-refractivity contribution < 1.29 is 4.74 Å². The summed E-state index contributed by atoms with van der Waals surface area (Å²) >= 11 is 0. The van der Waals surface area contributed by atoms with E-state index in [0.29, 0.717) is 0 Å². The third-order valence-corrected chi connectivity index (χ3v) is 2.98. The fraction of sp³-hybridized carbons (Fsp3) is 0.571. The van der Waals surface area contributed by atoms with Crippen LogP contribution >= 0.6 is 0 Å². The Labute approximate surface area is 114 Å². The molecule has 19 heavy (non-hydrogen) atoms. The monoisotopic (exact) mass is 262 g/mol. The SMILES string of the molecule is COCCCNc1nccn2nc(C(C)(C)C)cc12. The van der Waals surface area contributed by atoms with E-state index >= 15 is 0 Å². The van der Waals surface area contributed by atoms with Gasteiger partial charge in [0.25, 0.3) is 0 Å². The minimum atomic E-state index is 0.0410. The molecule has 0 fully saturated rings. The average molecular weight is 262 g/mol. The topological polar surface area (TPSA) is 51.5 Å². The molecule has 0 saturated carbocycles. The number of rotatable bonds is 5. The zero-order valence-corrected chi connectivity index (χ0v) is 12.1. The van der Waals surface area contributed by atoms with E-state index < -0.39 is 0 Å². The van der Waals surface area contributed by atoms with Gasteiger partial charge in [-0.2, -0.15) is 5.10 Å². The molecule has 0 unspecified atom stereocenters. The molecule has 5 nitrogen and oxygen atoms in total. The number of anilines is 1. The zero-order valence-electron chi connectivity index (χ0n) is 12.1. The Bertz CT molecular complexity index is 542. The normalized spacial score (nSPS) is 12.0. The lowest BCUT2D eigenvalue weighted by atomic mass is 9.92. The Morgan fingerprint density at radius 1 is 1.37 bits per heavy atom. The second kappa shape index (κ2) is 5.57. The molecule has 0 aromatic carbocycles. The van der Waals surface area contributed by atoms with Crippen LogP contribution in [0.5, 0.6) is 0 Å². The van der Waals surface area contributed by atoms with Gasteiger partial charge in [0, 0.05) is 38.1 Å². The summed E-state index contributed by atoms with van der Waals surface area (Å²) in [5.74, 6) is 0.876. The van der Waals surface area contributed by atoms with Gasteiger partial charge in [-0.1, -0.05) is 20.8 Å². The fourth-order valence-electron chi connectivity index (χ4n) is 1.85. The number of ether oxygens (including phenoxy) is 1. The van der Waals surface area contributed by atoms with Gasteiger partial charge >= 0.3 is 0 Å². The van der Waals surface area contributed by atoms with Gasteiger partial charge < -0.3 is 10.1 Å². The van der Waals surface area contributed by atoms with Gasteiger partial charge in [0.05, 0.1) is 5.69 Å². The zero-order chi connectivity index (χ0) is 13.9. The van der Waals surface area contributed by atoms with Gasteiger partial charge in [0.1, 0.15) is 5.52 Å². The van der Waals surface area contributed by atoms with E-state index in [0.717, 1.165) is 36.6 Å². The molecule has 0 bridgehead atoms. The Balaban J connectivity index is 2.22. The van der Waals surface area contributed by atoms with Crippen molar-refractivity contribution >= 4 is 11.3 Å². The van der Waals surface area contributed by atoms with Crippen molar-refractivity contribution in [2.75, 3.05) is 25.6 Å². The highest BCUT2D eigenvalue weighted by Gasteiger charge is 2.18. The van der Waals surface area contributed by atoms with Crippen LogP contribution in [0.15, 0.2) is 18.5 Å². The summed E-state index contributed by atoms with van der Waals surface area (Å²) in [6, 6.07) is 2.10. The summed E-state index contributed by atoms with van der Waals surface area (Å²) in [5.41, 5.74) is 2.13. The summed E-state index contributed by atoms with van der Waals surface area (Å²) in [7, 11) is 1.71. The molecule has 0 aliphatic carbocycles. The number of fused-ring (bicyclic) bond motifs is 1. The van der Waals surface area contributed by atoms with Gasteiger partial charge in [-0.3, -0.25) is 0 Å². The van der Waals surface area contributed by atoms with Gasteiger partial charge in [0.2, 0.25) is 0 Å². The third kappa shape index (κ3) is 3.23. The van der Waals surface area contributed by atoms with E-state index in [1.165, 1.54) is 0 Å². The Kier molecular flexibility index (Phi) is 4.04. The predicted octanol–water partition coefficient (Wildman–Crippen LogP) is 2.48. The van der Waals surface area contributed by atoms with E-state index in [-0.39, 0.29) is 5.41 Å². The number of hydrogen-bond donors (Lipinski definition) is 1. The molecule has 2 aromatic heterocycles. The largest absolute Gasteiger partial charge is 0.385 e. The smallest absolute Gasteiger partial charge is 0.152 e. The van der Waals surface area contributed by atoms with Crippen LogP contribution in [-0.2, 0) is 10.2 Å². The van der Waals surface area contributed by atoms with Crippen LogP contribution in [0.4, 0.5) is 5.82 Å². The molecule has 0 aliphatic rings. The molecule has 0 aliphatic heterocycles. The van der Waals surface area contributed by atoms with Crippen molar-refractivity contribution in [2.24, 2.45) is 0 Å². The minimum absolute atomic E-state index is 0.0410. The van der Waals surface area contributed by atoms with E-state index in [4.69, 9.17) is 4.74 Å². The van der Waals surface area contributed by atoms with Gasteiger partial charge in [-0.25, -0.2) is 9.50 Å². The maximum Gasteiger partial charge on any atom is 0.152 e. The van der Waals surface area contributed by atoms with E-state index in [9.17, 15) is 0 Å². The van der Waals surface area contributed by atoms with Crippen LogP contribution in [0.3, 0.4) is 0 Å². The maximum absolute atomic E-state index is 5.04. The van der Waals surface area contributed by atoms with E-state index in [1.807, 2.05) is 10.7 Å². The summed E-state index contributed by atoms with van der Waals surface area (Å²) in [5, 5.41) is 7.94. The molecule has 0 radical (unpaired) electrons. The van der Waals surface area contributed by atoms with Crippen LogP contribution in [0.2, 0.25) is 0 Å². The number of nitrogens with zero attached hydrogens (tertiary/aromatic N) is 3. The third-order valence-electron chi connectivity index (χ3n) is 2.98. The summed E-state index contributed by atoms with van der Waals surface area (Å²) in [6.07, 6.45) is 4.61. The second-order valence-electron chi connectivity index (χ2n) is 5.66. The molecule has 2 rings (SSSR count). The molecule has 0 spiro atoms. The summed E-state index contributed by atoms with van der Waals surface area (Å²) < 4.78 is 6.92. The van der Waals surface area contributed by atoms with Crippen molar-refractivity contribution in [3.63, 3.8) is 0 Å². The lowest BCUT2D eigenvalue weighted by molar-refractivity contribution is 0.198. The molecule has 2 aromatic rings. The first-order valence-corrected chi connectivity index (χ1v) is 6.60. The van der Waals surface area contributed by atoms with Crippen molar-refractivity contribution in [3.05, 3.63) is 24.2 Å². The first kappa shape index (κ1) is 13.8. The molecule has 5 heteroatoms. The molecule has 104 valence electrons. The number of aromatic nitrogens is 3. The van der Waals surface area contributed by atoms with Crippen molar-refractivity contribution in [3.8, 4) is 0 Å². The molecular weight excluding hydrogens is 240 g/mol. The van der Waals surface area contributed by atoms with Crippen LogP contribution in [0, 0.1) is 0 Å². The van der Waals surface area contributed by atoms with Gasteiger partial charge in [0.15, 0.2) is 5.82 Å². The highest BCUT2D eigenvalue weighted by molar-refractivity contribution is 5.68. The standard InChI is InChI=1S/C14H22N4O/c1-14(2,3)12-10-11-13(15-6-5-9-19-4)16-7-8-18(11)17-12/h7-8,10H,5-6,9H2,1-4H3,(H,15,16). The van der Waals surface area contributed by atoms with Crippen LogP contribution in [0.25, 0.3) is 5.52 Å². The summed E-state index contributed by atoms with van der Waals surface area (Å²) in [4.78, 5) is 4.39. The Hall–Kier alpha value is -1.62. The second-order valence-corrected chi connectivity index (χ2v) is 5.66. The Morgan fingerprint density at radius 2 is 2.16 bits per heavy atom. The maximum atomic E-state index is 5.04. The van der Waals surface area contributed by atoms with Crippen molar-refractivity contribution in [1.29, 1.82) is 0 Å². The molecule has 2 heterocycles. The van der Waals surface area contributed by atoms with E-state index in [1.54, 1.807) is 13.3 Å². The fourth-order valence-corrected chi connectivity index (χ4v) is 1.85. The minimum Gasteiger partial charge on any atom is -0.385 e. The average Bonchev–Trinajstić information content (AvgIpc) is 2.79. The van der Waals surface area contributed by atoms with Crippen molar-refractivity contribution in [2.45, 2.75) is 32.6 Å². The van der Waals surface area contributed by atoms with Crippen LogP contribution < -0.4 is 5.32 Å². The molecule has 0 atom stereocenters. The number of hydrogen-bond acceptors (Lipinski definition) is 4. The lowest BCUT2D eigenvalue weighted by Gasteiger charge is -2.13. The van der Waals surface area contributed by atoms with Gasteiger partial charge in [-0.15, -0.1) is 0 Å². The first-order chi connectivity index (χ1) is 9.02. The van der Waals surface area contributed by atoms with Crippen molar-refractivity contribution in [1.82, 2.24) is 14.6 Å². The highest BCUT2D eigenvalue weighted by Crippen LogP contribution is 2.24. The lowest BCUT2D eigenvalue weighted by Crippen LogP contribution is -2.11. The predicted molar refractivity (Wildman–Crippen MR) is 76.7 cm³/mol. The summed E-state index contributed by atoms with van der Waals surface area (Å²) in [6.45, 7) is 8.08. The number of nitrogens with one attached hydrogen (secondary N) is 1. The van der Waals surface area contributed by atoms with Gasteiger partial charge in [-0.05, 0) is 12.5 Å². The molecular formula is C14H22N4O. The number of methoxy groups -OCH3 is 1. The quantitative estimate of drug-likeness (QED) is 0.841. The van der Waals surface area contributed by atoms with Crippen LogP contribution in [-0.4, -0.2) is 34.9 Å².